The average molecular weight is 433 g/mol. The standard InChI is InChI=1S/C21H21ClN2O4S/c1-28-17-8-6-16(7-9-17)24-14-20(21(25)23-11-3-2-4-12-23)29(26,27)19-10-5-15(22)13-18(19)24/h5-10,13-14H,2-4,11-12H2,1H3. The Labute approximate surface area is 175 Å². The van der Waals surface area contributed by atoms with E-state index in [1.165, 1.54) is 18.3 Å². The molecule has 0 N–H and O–H groups in total. The van der Waals surface area contributed by atoms with Crippen molar-refractivity contribution in [2.75, 3.05) is 25.1 Å². The number of rotatable bonds is 3. The van der Waals surface area contributed by atoms with Crippen LogP contribution in [0, 0.1) is 0 Å². The molecule has 0 bridgehead atoms. The number of fused-ring (bicyclic) bond motifs is 1. The predicted molar refractivity (Wildman–Crippen MR) is 112 cm³/mol. The number of anilines is 2. The lowest BCUT2D eigenvalue weighted by Gasteiger charge is -2.32. The number of nitrogens with zero attached hydrogens (tertiary/aromatic N) is 2. The minimum absolute atomic E-state index is 0.0700. The third kappa shape index (κ3) is 3.60. The third-order valence-corrected chi connectivity index (χ3v) is 7.23. The van der Waals surface area contributed by atoms with Crippen LogP contribution in [0.4, 0.5) is 11.4 Å². The van der Waals surface area contributed by atoms with Gasteiger partial charge in [-0.15, -0.1) is 0 Å². The maximum Gasteiger partial charge on any atom is 0.267 e. The summed E-state index contributed by atoms with van der Waals surface area (Å²) in [6.07, 6.45) is 4.22. The Kier molecular flexibility index (Phi) is 5.27. The lowest BCUT2D eigenvalue weighted by atomic mass is 10.1. The Morgan fingerprint density at radius 2 is 1.72 bits per heavy atom. The fourth-order valence-corrected chi connectivity index (χ4v) is 5.35. The first kappa shape index (κ1) is 19.8. The molecular formula is C21H21ClN2O4S. The van der Waals surface area contributed by atoms with Crippen molar-refractivity contribution in [2.24, 2.45) is 0 Å². The molecule has 2 aliphatic heterocycles. The highest BCUT2D eigenvalue weighted by Crippen LogP contribution is 2.41. The molecule has 2 aromatic rings. The molecule has 2 aromatic carbocycles. The summed E-state index contributed by atoms with van der Waals surface area (Å²) in [5.41, 5.74) is 1.12. The lowest BCUT2D eigenvalue weighted by Crippen LogP contribution is -2.39. The second kappa shape index (κ2) is 7.72. The molecule has 0 unspecified atom stereocenters. The predicted octanol–water partition coefficient (Wildman–Crippen LogP) is 4.13. The minimum Gasteiger partial charge on any atom is -0.497 e. The summed E-state index contributed by atoms with van der Waals surface area (Å²) in [5.74, 6) is 0.224. The maximum atomic E-state index is 13.3. The Morgan fingerprint density at radius 1 is 1.03 bits per heavy atom. The first-order chi connectivity index (χ1) is 13.9. The van der Waals surface area contributed by atoms with Gasteiger partial charge in [-0.25, -0.2) is 8.42 Å². The summed E-state index contributed by atoms with van der Waals surface area (Å²) in [7, 11) is -2.38. The number of amides is 1. The number of hydrogen-bond donors (Lipinski definition) is 0. The fourth-order valence-electron chi connectivity index (χ4n) is 3.66. The Morgan fingerprint density at radius 3 is 2.38 bits per heavy atom. The third-order valence-electron chi connectivity index (χ3n) is 5.21. The second-order valence-electron chi connectivity index (χ2n) is 7.03. The monoisotopic (exact) mass is 432 g/mol. The van der Waals surface area contributed by atoms with Gasteiger partial charge in [-0.1, -0.05) is 11.6 Å². The van der Waals surface area contributed by atoms with Gasteiger partial charge in [-0.05, 0) is 61.7 Å². The largest absolute Gasteiger partial charge is 0.497 e. The minimum atomic E-state index is -3.96. The zero-order valence-electron chi connectivity index (χ0n) is 16.0. The van der Waals surface area contributed by atoms with Gasteiger partial charge in [0.1, 0.15) is 5.75 Å². The van der Waals surface area contributed by atoms with Crippen LogP contribution in [-0.2, 0) is 14.6 Å². The first-order valence-corrected chi connectivity index (χ1v) is 11.3. The molecule has 2 heterocycles. The molecular weight excluding hydrogens is 412 g/mol. The molecule has 0 atom stereocenters. The molecule has 2 aliphatic rings. The van der Waals surface area contributed by atoms with E-state index in [-0.39, 0.29) is 9.80 Å². The van der Waals surface area contributed by atoms with Crippen LogP contribution < -0.4 is 9.64 Å². The zero-order valence-corrected chi connectivity index (χ0v) is 17.5. The van der Waals surface area contributed by atoms with E-state index in [1.807, 2.05) is 0 Å². The smallest absolute Gasteiger partial charge is 0.267 e. The molecule has 152 valence electrons. The summed E-state index contributed by atoms with van der Waals surface area (Å²) in [6, 6.07) is 11.8. The summed E-state index contributed by atoms with van der Waals surface area (Å²) < 4.78 is 31.7. The lowest BCUT2D eigenvalue weighted by molar-refractivity contribution is -0.127. The van der Waals surface area contributed by atoms with Crippen LogP contribution in [0.15, 0.2) is 58.5 Å². The molecule has 0 aliphatic carbocycles. The molecule has 0 spiro atoms. The SMILES string of the molecule is COc1ccc(N2C=C(C(=O)N3CCCCC3)S(=O)(=O)c3ccc(Cl)cc32)cc1. The number of benzene rings is 2. The second-order valence-corrected chi connectivity index (χ2v) is 9.35. The fraction of sp³-hybridized carbons (Fsp3) is 0.286. The van der Waals surface area contributed by atoms with Crippen LogP contribution in [0.5, 0.6) is 5.75 Å². The number of methoxy groups -OCH3 is 1. The van der Waals surface area contributed by atoms with Gasteiger partial charge in [0.2, 0.25) is 9.84 Å². The van der Waals surface area contributed by atoms with Gasteiger partial charge in [0, 0.05) is 30.0 Å². The number of piperidine rings is 1. The van der Waals surface area contributed by atoms with E-state index in [9.17, 15) is 13.2 Å². The van der Waals surface area contributed by atoms with E-state index in [0.29, 0.717) is 35.2 Å². The van der Waals surface area contributed by atoms with Crippen molar-refractivity contribution in [1.82, 2.24) is 4.90 Å². The molecule has 6 nitrogen and oxygen atoms in total. The summed E-state index contributed by atoms with van der Waals surface area (Å²) >= 11 is 6.15. The summed E-state index contributed by atoms with van der Waals surface area (Å²) in [6.45, 7) is 1.14. The molecule has 4 rings (SSSR count). The van der Waals surface area contributed by atoms with Gasteiger partial charge in [0.15, 0.2) is 4.91 Å². The molecule has 29 heavy (non-hydrogen) atoms. The van der Waals surface area contributed by atoms with E-state index in [4.69, 9.17) is 16.3 Å². The van der Waals surface area contributed by atoms with Crippen molar-refractivity contribution in [3.63, 3.8) is 0 Å². The van der Waals surface area contributed by atoms with Gasteiger partial charge < -0.3 is 14.5 Å². The Hall–Kier alpha value is -2.51. The van der Waals surface area contributed by atoms with Crippen LogP contribution in [0.1, 0.15) is 19.3 Å². The van der Waals surface area contributed by atoms with Crippen molar-refractivity contribution >= 4 is 38.7 Å². The average Bonchev–Trinajstić information content (AvgIpc) is 2.74. The highest BCUT2D eigenvalue weighted by molar-refractivity contribution is 7.96. The van der Waals surface area contributed by atoms with Crippen molar-refractivity contribution in [2.45, 2.75) is 24.2 Å². The number of carbonyl (C=O) groups excluding carboxylic acids is 1. The maximum absolute atomic E-state index is 13.3. The highest BCUT2D eigenvalue weighted by Gasteiger charge is 2.38. The summed E-state index contributed by atoms with van der Waals surface area (Å²) in [5, 5.41) is 0.414. The van der Waals surface area contributed by atoms with Gasteiger partial charge >= 0.3 is 0 Å². The molecule has 1 saturated heterocycles. The normalized spacial score (nSPS) is 18.1. The number of carbonyl (C=O) groups is 1. The van der Waals surface area contributed by atoms with Crippen molar-refractivity contribution in [1.29, 1.82) is 0 Å². The van der Waals surface area contributed by atoms with Gasteiger partial charge in [-0.3, -0.25) is 4.79 Å². The van der Waals surface area contributed by atoms with Crippen molar-refractivity contribution < 1.29 is 17.9 Å². The highest BCUT2D eigenvalue weighted by atomic mass is 35.5. The molecule has 1 amide bonds. The topological polar surface area (TPSA) is 66.9 Å². The quantitative estimate of drug-likeness (QED) is 0.729. The van der Waals surface area contributed by atoms with Gasteiger partial charge in [0.05, 0.1) is 17.7 Å². The van der Waals surface area contributed by atoms with Gasteiger partial charge in [0.25, 0.3) is 5.91 Å². The van der Waals surface area contributed by atoms with E-state index >= 15 is 0 Å². The number of halogens is 1. The van der Waals surface area contributed by atoms with E-state index in [2.05, 4.69) is 0 Å². The van der Waals surface area contributed by atoms with Gasteiger partial charge in [-0.2, -0.15) is 0 Å². The molecule has 8 heteroatoms. The van der Waals surface area contributed by atoms with Crippen LogP contribution in [0.25, 0.3) is 0 Å². The van der Waals surface area contributed by atoms with E-state index < -0.39 is 15.7 Å². The molecule has 1 fully saturated rings. The van der Waals surface area contributed by atoms with Crippen LogP contribution in [-0.4, -0.2) is 39.4 Å². The first-order valence-electron chi connectivity index (χ1n) is 9.41. The van der Waals surface area contributed by atoms with Crippen LogP contribution in [0.2, 0.25) is 5.02 Å². The van der Waals surface area contributed by atoms with E-state index in [0.717, 1.165) is 19.3 Å². The number of hydrogen-bond acceptors (Lipinski definition) is 5. The Balaban J connectivity index is 1.85. The number of likely N-dealkylation sites (tertiary alicyclic amines) is 1. The Bertz CT molecular complexity index is 1070. The number of ether oxygens (including phenoxy) is 1. The van der Waals surface area contributed by atoms with Crippen LogP contribution >= 0.6 is 11.6 Å². The van der Waals surface area contributed by atoms with Crippen molar-refractivity contribution in [3.8, 4) is 5.75 Å². The summed E-state index contributed by atoms with van der Waals surface area (Å²) in [4.78, 5) is 16.3. The van der Waals surface area contributed by atoms with E-state index in [1.54, 1.807) is 47.2 Å². The number of sulfone groups is 1. The zero-order chi connectivity index (χ0) is 20.6. The van der Waals surface area contributed by atoms with Crippen LogP contribution in [0.3, 0.4) is 0 Å². The molecule has 0 radical (unpaired) electrons. The molecule has 0 aromatic heterocycles. The molecule has 0 saturated carbocycles. The van der Waals surface area contributed by atoms with Crippen molar-refractivity contribution in [3.05, 3.63) is 58.6 Å².